The molecule has 0 radical (unpaired) electrons. The van der Waals surface area contributed by atoms with E-state index in [2.05, 4.69) is 34.0 Å². The van der Waals surface area contributed by atoms with E-state index in [4.69, 9.17) is 10.3 Å². The smallest absolute Gasteiger partial charge is 0.246 e. The van der Waals surface area contributed by atoms with Gasteiger partial charge in [-0.1, -0.05) is 5.16 Å². The first-order valence-corrected chi connectivity index (χ1v) is 7.00. The topological polar surface area (TPSA) is 71.4 Å². The van der Waals surface area contributed by atoms with Crippen LogP contribution in [0.2, 0.25) is 0 Å². The highest BCUT2D eigenvalue weighted by atomic mass is 16.5. The molecule has 0 spiro atoms. The van der Waals surface area contributed by atoms with Crippen molar-refractivity contribution in [3.8, 4) is 0 Å². The van der Waals surface area contributed by atoms with Gasteiger partial charge in [0.1, 0.15) is 0 Å². The Hall–Kier alpha value is -0.980. The standard InChI is InChI=1S/C13H23N5O/c1-13(14,9-4-5-9)12-15-11(16-19-12)10-8-17(2)6-7-18(10)3/h9-10H,4-8,14H2,1-3H3. The Morgan fingerprint density at radius 1 is 1.32 bits per heavy atom. The van der Waals surface area contributed by atoms with Gasteiger partial charge in [0.25, 0.3) is 0 Å². The molecule has 2 unspecified atom stereocenters. The number of piperazine rings is 1. The van der Waals surface area contributed by atoms with Crippen molar-refractivity contribution in [1.29, 1.82) is 0 Å². The first-order chi connectivity index (χ1) is 8.98. The molecular formula is C13H23N5O. The van der Waals surface area contributed by atoms with Gasteiger partial charge in [-0.15, -0.1) is 0 Å². The summed E-state index contributed by atoms with van der Waals surface area (Å²) >= 11 is 0. The number of rotatable bonds is 3. The second-order valence-corrected chi connectivity index (χ2v) is 6.27. The minimum atomic E-state index is -0.468. The van der Waals surface area contributed by atoms with Gasteiger partial charge in [0.15, 0.2) is 5.82 Å². The monoisotopic (exact) mass is 265 g/mol. The molecule has 2 N–H and O–H groups in total. The maximum absolute atomic E-state index is 6.33. The van der Waals surface area contributed by atoms with Crippen LogP contribution in [0.1, 0.15) is 37.5 Å². The normalized spacial score (nSPS) is 29.4. The van der Waals surface area contributed by atoms with E-state index in [0.29, 0.717) is 11.8 Å². The lowest BCUT2D eigenvalue weighted by atomic mass is 9.97. The Kier molecular flexibility index (Phi) is 3.11. The molecule has 1 aromatic heterocycles. The molecule has 1 saturated heterocycles. The highest BCUT2D eigenvalue weighted by Gasteiger charge is 2.44. The largest absolute Gasteiger partial charge is 0.337 e. The second kappa shape index (κ2) is 4.54. The molecule has 19 heavy (non-hydrogen) atoms. The van der Waals surface area contributed by atoms with Crippen molar-refractivity contribution in [2.24, 2.45) is 11.7 Å². The van der Waals surface area contributed by atoms with E-state index in [1.54, 1.807) is 0 Å². The molecule has 6 nitrogen and oxygen atoms in total. The molecule has 6 heteroatoms. The Bertz CT molecular complexity index is 454. The summed E-state index contributed by atoms with van der Waals surface area (Å²) < 4.78 is 5.44. The minimum Gasteiger partial charge on any atom is -0.337 e. The molecule has 2 aliphatic rings. The lowest BCUT2D eigenvalue weighted by Gasteiger charge is -2.35. The lowest BCUT2D eigenvalue weighted by Crippen LogP contribution is -2.45. The summed E-state index contributed by atoms with van der Waals surface area (Å²) in [6.07, 6.45) is 2.33. The van der Waals surface area contributed by atoms with Crippen molar-refractivity contribution in [1.82, 2.24) is 19.9 Å². The van der Waals surface area contributed by atoms with Crippen LogP contribution in [0, 0.1) is 5.92 Å². The van der Waals surface area contributed by atoms with Gasteiger partial charge in [-0.25, -0.2) is 0 Å². The molecule has 0 bridgehead atoms. The van der Waals surface area contributed by atoms with Crippen LogP contribution >= 0.6 is 0 Å². The number of hydrogen-bond acceptors (Lipinski definition) is 6. The highest BCUT2D eigenvalue weighted by molar-refractivity contribution is 5.09. The molecular weight excluding hydrogens is 242 g/mol. The molecule has 0 amide bonds. The zero-order valence-corrected chi connectivity index (χ0v) is 12.0. The average molecular weight is 265 g/mol. The van der Waals surface area contributed by atoms with Crippen molar-refractivity contribution in [2.45, 2.75) is 31.3 Å². The van der Waals surface area contributed by atoms with Crippen LogP contribution in [0.25, 0.3) is 0 Å². The van der Waals surface area contributed by atoms with E-state index in [1.807, 2.05) is 6.92 Å². The fourth-order valence-corrected chi connectivity index (χ4v) is 2.74. The average Bonchev–Trinajstić information content (AvgIpc) is 3.11. The first kappa shape index (κ1) is 13.0. The summed E-state index contributed by atoms with van der Waals surface area (Å²) in [5.74, 6) is 1.85. The Labute approximate surface area is 113 Å². The summed E-state index contributed by atoms with van der Waals surface area (Å²) in [5.41, 5.74) is 5.86. The summed E-state index contributed by atoms with van der Waals surface area (Å²) in [5, 5.41) is 4.17. The van der Waals surface area contributed by atoms with E-state index in [0.717, 1.165) is 38.3 Å². The molecule has 1 saturated carbocycles. The fourth-order valence-electron chi connectivity index (χ4n) is 2.74. The van der Waals surface area contributed by atoms with Crippen LogP contribution in [0.5, 0.6) is 0 Å². The van der Waals surface area contributed by atoms with Crippen LogP contribution in [0.3, 0.4) is 0 Å². The molecule has 2 atom stereocenters. The Morgan fingerprint density at radius 2 is 2.05 bits per heavy atom. The van der Waals surface area contributed by atoms with Gasteiger partial charge in [-0.3, -0.25) is 4.90 Å². The van der Waals surface area contributed by atoms with Crippen molar-refractivity contribution in [3.05, 3.63) is 11.7 Å². The van der Waals surface area contributed by atoms with Crippen molar-refractivity contribution in [2.75, 3.05) is 33.7 Å². The fraction of sp³-hybridized carbons (Fsp3) is 0.846. The molecule has 1 aliphatic heterocycles. The summed E-state index contributed by atoms with van der Waals surface area (Å²) in [6, 6.07) is 0.200. The van der Waals surface area contributed by atoms with Crippen LogP contribution < -0.4 is 5.73 Å². The van der Waals surface area contributed by atoms with Crippen molar-refractivity contribution < 1.29 is 4.52 Å². The van der Waals surface area contributed by atoms with Gasteiger partial charge in [-0.05, 0) is 39.8 Å². The van der Waals surface area contributed by atoms with Crippen LogP contribution in [0.15, 0.2) is 4.52 Å². The molecule has 2 heterocycles. The Balaban J connectivity index is 1.80. The number of likely N-dealkylation sites (N-methyl/N-ethyl adjacent to an activating group) is 2. The maximum atomic E-state index is 6.33. The number of nitrogens with two attached hydrogens (primary N) is 1. The van der Waals surface area contributed by atoms with Crippen LogP contribution in [-0.2, 0) is 5.54 Å². The van der Waals surface area contributed by atoms with Gasteiger partial charge in [0.05, 0.1) is 11.6 Å². The second-order valence-electron chi connectivity index (χ2n) is 6.27. The predicted molar refractivity (Wildman–Crippen MR) is 71.4 cm³/mol. The summed E-state index contributed by atoms with van der Waals surface area (Å²) in [4.78, 5) is 9.15. The maximum Gasteiger partial charge on any atom is 0.246 e. The summed E-state index contributed by atoms with van der Waals surface area (Å²) in [7, 11) is 4.23. The van der Waals surface area contributed by atoms with Gasteiger partial charge >= 0.3 is 0 Å². The Morgan fingerprint density at radius 3 is 2.74 bits per heavy atom. The third-order valence-corrected chi connectivity index (χ3v) is 4.48. The van der Waals surface area contributed by atoms with Gasteiger partial charge in [-0.2, -0.15) is 4.98 Å². The van der Waals surface area contributed by atoms with Crippen molar-refractivity contribution >= 4 is 0 Å². The third kappa shape index (κ3) is 2.40. The van der Waals surface area contributed by atoms with Crippen LogP contribution in [0.4, 0.5) is 0 Å². The molecule has 2 fully saturated rings. The SMILES string of the molecule is CN1CCN(C)C(c2noc(C(C)(N)C3CC3)n2)C1. The van der Waals surface area contributed by atoms with E-state index in [-0.39, 0.29) is 6.04 Å². The predicted octanol–water partition coefficient (Wildman–Crippen LogP) is 0.572. The van der Waals surface area contributed by atoms with Gasteiger partial charge < -0.3 is 15.2 Å². The highest BCUT2D eigenvalue weighted by Crippen LogP contribution is 2.43. The number of nitrogens with zero attached hydrogens (tertiary/aromatic N) is 4. The molecule has 3 rings (SSSR count). The molecule has 106 valence electrons. The van der Waals surface area contributed by atoms with E-state index in [9.17, 15) is 0 Å². The molecule has 1 aliphatic carbocycles. The number of hydrogen-bond donors (Lipinski definition) is 1. The van der Waals surface area contributed by atoms with E-state index in [1.165, 1.54) is 0 Å². The van der Waals surface area contributed by atoms with E-state index >= 15 is 0 Å². The lowest BCUT2D eigenvalue weighted by molar-refractivity contribution is 0.108. The summed E-state index contributed by atoms with van der Waals surface area (Å²) in [6.45, 7) is 5.03. The molecule has 1 aromatic rings. The zero-order chi connectivity index (χ0) is 13.6. The zero-order valence-electron chi connectivity index (χ0n) is 12.0. The van der Waals surface area contributed by atoms with Crippen molar-refractivity contribution in [3.63, 3.8) is 0 Å². The quantitative estimate of drug-likeness (QED) is 0.861. The van der Waals surface area contributed by atoms with Crippen LogP contribution in [-0.4, -0.2) is 53.7 Å². The number of aromatic nitrogens is 2. The van der Waals surface area contributed by atoms with E-state index < -0.39 is 5.54 Å². The van der Waals surface area contributed by atoms with Gasteiger partial charge in [0.2, 0.25) is 5.89 Å². The third-order valence-electron chi connectivity index (χ3n) is 4.48. The molecule has 0 aromatic carbocycles. The minimum absolute atomic E-state index is 0.200. The van der Waals surface area contributed by atoms with Gasteiger partial charge in [0, 0.05) is 19.6 Å². The first-order valence-electron chi connectivity index (χ1n) is 7.00.